The van der Waals surface area contributed by atoms with E-state index in [2.05, 4.69) is 5.32 Å². The van der Waals surface area contributed by atoms with Crippen molar-refractivity contribution in [2.75, 3.05) is 7.11 Å². The molecule has 2 unspecified atom stereocenters. The molecular weight excluding hydrogens is 178 g/mol. The summed E-state index contributed by atoms with van der Waals surface area (Å²) in [5.41, 5.74) is -0.115. The monoisotopic (exact) mass is 195 g/mol. The van der Waals surface area contributed by atoms with Crippen LogP contribution in [0.4, 0.5) is 0 Å². The van der Waals surface area contributed by atoms with Gasteiger partial charge in [0.05, 0.1) is 12.5 Å². The van der Waals surface area contributed by atoms with Gasteiger partial charge in [-0.25, -0.2) is 0 Å². The smallest absolute Gasteiger partial charge is 0.311 e. The lowest BCUT2D eigenvalue weighted by Gasteiger charge is -2.55. The van der Waals surface area contributed by atoms with Gasteiger partial charge in [0.1, 0.15) is 0 Å². The predicted molar refractivity (Wildman–Crippen MR) is 51.7 cm³/mol. The summed E-state index contributed by atoms with van der Waals surface area (Å²) in [7, 11) is 1.52. The summed E-state index contributed by atoms with van der Waals surface area (Å²) in [6.07, 6.45) is 5.64. The lowest BCUT2D eigenvalue weighted by Crippen LogP contribution is -2.62. The normalized spacial score (nSPS) is 49.4. The minimum atomic E-state index is -0.115. The maximum atomic E-state index is 11.8. The Bertz CT molecular complexity index is 239. The summed E-state index contributed by atoms with van der Waals surface area (Å²) >= 11 is 0. The Morgan fingerprint density at radius 1 is 1.29 bits per heavy atom. The number of carbonyl (C=O) groups is 1. The number of esters is 1. The molecule has 4 bridgehead atoms. The van der Waals surface area contributed by atoms with Crippen LogP contribution in [0.15, 0.2) is 0 Å². The van der Waals surface area contributed by atoms with E-state index in [-0.39, 0.29) is 11.4 Å². The quantitative estimate of drug-likeness (QED) is 0.636. The van der Waals surface area contributed by atoms with Crippen molar-refractivity contribution in [1.29, 1.82) is 0 Å². The van der Waals surface area contributed by atoms with E-state index in [9.17, 15) is 4.79 Å². The molecule has 0 radical (unpaired) electrons. The van der Waals surface area contributed by atoms with Gasteiger partial charge in [0, 0.05) is 12.1 Å². The van der Waals surface area contributed by atoms with Crippen molar-refractivity contribution in [3.05, 3.63) is 0 Å². The molecule has 2 aliphatic heterocycles. The second-order valence-corrected chi connectivity index (χ2v) is 5.28. The van der Waals surface area contributed by atoms with Crippen LogP contribution in [-0.4, -0.2) is 25.2 Å². The maximum absolute atomic E-state index is 11.8. The van der Waals surface area contributed by atoms with Crippen LogP contribution in [0.5, 0.6) is 0 Å². The van der Waals surface area contributed by atoms with E-state index in [1.165, 1.54) is 20.0 Å². The van der Waals surface area contributed by atoms with Crippen LogP contribution < -0.4 is 5.32 Å². The van der Waals surface area contributed by atoms with Crippen molar-refractivity contribution in [2.45, 2.75) is 44.2 Å². The van der Waals surface area contributed by atoms with Gasteiger partial charge in [0.15, 0.2) is 0 Å². The van der Waals surface area contributed by atoms with Crippen LogP contribution in [0, 0.1) is 11.3 Å². The highest BCUT2D eigenvalue weighted by molar-refractivity contribution is 5.77. The molecule has 0 aromatic heterocycles. The molecule has 2 atom stereocenters. The molecule has 2 saturated heterocycles. The van der Waals surface area contributed by atoms with E-state index >= 15 is 0 Å². The highest BCUT2D eigenvalue weighted by atomic mass is 16.5. The molecule has 2 aliphatic carbocycles. The number of rotatable bonds is 1. The van der Waals surface area contributed by atoms with E-state index in [1.54, 1.807) is 0 Å². The standard InChI is InChI=1S/C11H17NO2/c1-14-10(13)11-4-7-2-8(5-11)12-9(3-7)6-11/h7-9,12H,2-6H2,1H3. The first-order valence-electron chi connectivity index (χ1n) is 5.56. The Balaban J connectivity index is 1.91. The first-order chi connectivity index (χ1) is 6.72. The first kappa shape index (κ1) is 8.72. The van der Waals surface area contributed by atoms with Crippen molar-refractivity contribution in [3.8, 4) is 0 Å². The molecule has 0 aromatic rings. The van der Waals surface area contributed by atoms with E-state index in [0.29, 0.717) is 12.1 Å². The topological polar surface area (TPSA) is 38.3 Å². The molecule has 3 nitrogen and oxygen atoms in total. The molecule has 0 aromatic carbocycles. The molecule has 4 rings (SSSR count). The minimum Gasteiger partial charge on any atom is -0.469 e. The highest BCUT2D eigenvalue weighted by Gasteiger charge is 2.55. The second-order valence-electron chi connectivity index (χ2n) is 5.28. The summed E-state index contributed by atoms with van der Waals surface area (Å²) in [6, 6.07) is 1.17. The zero-order valence-electron chi connectivity index (χ0n) is 8.58. The average Bonchev–Trinajstić information content (AvgIpc) is 2.14. The van der Waals surface area contributed by atoms with Crippen LogP contribution in [0.25, 0.3) is 0 Å². The summed E-state index contributed by atoms with van der Waals surface area (Å²) < 4.78 is 4.97. The lowest BCUT2D eigenvalue weighted by molar-refractivity contribution is -0.164. The summed E-state index contributed by atoms with van der Waals surface area (Å²) in [4.78, 5) is 11.8. The second kappa shape index (κ2) is 2.72. The van der Waals surface area contributed by atoms with Crippen molar-refractivity contribution in [1.82, 2.24) is 5.32 Å². The zero-order valence-corrected chi connectivity index (χ0v) is 8.58. The Labute approximate surface area is 84.2 Å². The fraction of sp³-hybridized carbons (Fsp3) is 0.909. The Hall–Kier alpha value is -0.570. The number of piperidine rings is 2. The summed E-state index contributed by atoms with van der Waals surface area (Å²) in [6.45, 7) is 0. The van der Waals surface area contributed by atoms with Crippen molar-refractivity contribution >= 4 is 5.97 Å². The molecule has 2 saturated carbocycles. The summed E-state index contributed by atoms with van der Waals surface area (Å²) in [5.74, 6) is 0.811. The molecule has 0 amide bonds. The fourth-order valence-corrected chi connectivity index (χ4v) is 4.03. The Morgan fingerprint density at radius 3 is 2.43 bits per heavy atom. The number of hydrogen-bond acceptors (Lipinski definition) is 3. The third kappa shape index (κ3) is 1.05. The molecule has 4 fully saturated rings. The molecule has 4 aliphatic rings. The van der Waals surface area contributed by atoms with E-state index in [0.717, 1.165) is 25.2 Å². The van der Waals surface area contributed by atoms with Crippen molar-refractivity contribution in [3.63, 3.8) is 0 Å². The van der Waals surface area contributed by atoms with Gasteiger partial charge < -0.3 is 10.1 Å². The average molecular weight is 195 g/mol. The van der Waals surface area contributed by atoms with Gasteiger partial charge in [-0.05, 0) is 38.0 Å². The molecule has 2 heterocycles. The van der Waals surface area contributed by atoms with Gasteiger partial charge >= 0.3 is 5.97 Å². The molecule has 78 valence electrons. The van der Waals surface area contributed by atoms with Crippen LogP contribution in [0.2, 0.25) is 0 Å². The summed E-state index contributed by atoms with van der Waals surface area (Å²) in [5, 5.41) is 3.61. The van der Waals surface area contributed by atoms with Crippen LogP contribution in [-0.2, 0) is 9.53 Å². The maximum Gasteiger partial charge on any atom is 0.311 e. The molecule has 1 N–H and O–H groups in total. The third-order valence-electron chi connectivity index (χ3n) is 4.28. The fourth-order valence-electron chi connectivity index (χ4n) is 4.03. The van der Waals surface area contributed by atoms with Gasteiger partial charge in [0.25, 0.3) is 0 Å². The number of nitrogens with one attached hydrogen (secondary N) is 1. The molecule has 0 spiro atoms. The van der Waals surface area contributed by atoms with Gasteiger partial charge in [-0.1, -0.05) is 0 Å². The minimum absolute atomic E-state index is 0.0402. The van der Waals surface area contributed by atoms with E-state index < -0.39 is 0 Å². The number of methoxy groups -OCH3 is 1. The van der Waals surface area contributed by atoms with Gasteiger partial charge in [-0.15, -0.1) is 0 Å². The van der Waals surface area contributed by atoms with Crippen LogP contribution >= 0.6 is 0 Å². The number of carbonyl (C=O) groups excluding carboxylic acids is 1. The van der Waals surface area contributed by atoms with Gasteiger partial charge in [-0.3, -0.25) is 4.79 Å². The van der Waals surface area contributed by atoms with Gasteiger partial charge in [-0.2, -0.15) is 0 Å². The molecule has 3 heteroatoms. The van der Waals surface area contributed by atoms with E-state index in [4.69, 9.17) is 4.74 Å². The molecular formula is C11H17NO2. The van der Waals surface area contributed by atoms with Crippen molar-refractivity contribution in [2.24, 2.45) is 11.3 Å². The number of ether oxygens (including phenoxy) is 1. The first-order valence-corrected chi connectivity index (χ1v) is 5.56. The zero-order chi connectivity index (χ0) is 9.76. The van der Waals surface area contributed by atoms with E-state index in [1.807, 2.05) is 0 Å². The van der Waals surface area contributed by atoms with Crippen LogP contribution in [0.3, 0.4) is 0 Å². The number of hydrogen-bond donors (Lipinski definition) is 1. The van der Waals surface area contributed by atoms with Crippen molar-refractivity contribution < 1.29 is 9.53 Å². The molecule has 14 heavy (non-hydrogen) atoms. The Morgan fingerprint density at radius 2 is 1.93 bits per heavy atom. The predicted octanol–water partition coefficient (Wildman–Crippen LogP) is 1.08. The lowest BCUT2D eigenvalue weighted by atomic mass is 9.56. The SMILES string of the molecule is COC(=O)C12CC3CC(C1)NC(C3)C2. The highest BCUT2D eigenvalue weighted by Crippen LogP contribution is 2.53. The Kier molecular flexibility index (Phi) is 1.69. The third-order valence-corrected chi connectivity index (χ3v) is 4.28. The largest absolute Gasteiger partial charge is 0.469 e. The van der Waals surface area contributed by atoms with Crippen LogP contribution in [0.1, 0.15) is 32.1 Å². The van der Waals surface area contributed by atoms with Gasteiger partial charge in [0.2, 0.25) is 0 Å².